The first kappa shape index (κ1) is 14.3. The number of carbonyl (C=O) groups excluding carboxylic acids is 1. The summed E-state index contributed by atoms with van der Waals surface area (Å²) in [6.07, 6.45) is 5.10. The highest BCUT2D eigenvalue weighted by atomic mass is 19.1. The molecule has 1 aliphatic heterocycles. The maximum atomic E-state index is 13.2. The molecule has 1 amide bonds. The van der Waals surface area contributed by atoms with Crippen molar-refractivity contribution in [3.63, 3.8) is 0 Å². The van der Waals surface area contributed by atoms with Crippen molar-refractivity contribution in [3.05, 3.63) is 30.2 Å². The summed E-state index contributed by atoms with van der Waals surface area (Å²) in [5.74, 6) is 1.09. The van der Waals surface area contributed by atoms with Gasteiger partial charge in [-0.1, -0.05) is 5.16 Å². The fourth-order valence-corrected chi connectivity index (χ4v) is 3.00. The molecule has 7 heteroatoms. The van der Waals surface area contributed by atoms with E-state index in [1.807, 2.05) is 4.90 Å². The van der Waals surface area contributed by atoms with Gasteiger partial charge in [0.25, 0.3) is 0 Å². The van der Waals surface area contributed by atoms with E-state index in [9.17, 15) is 9.18 Å². The monoisotopic (exact) mass is 316 g/mol. The van der Waals surface area contributed by atoms with Crippen LogP contribution in [0.15, 0.2) is 22.9 Å². The average molecular weight is 316 g/mol. The number of aromatic nitrogens is 3. The third-order valence-corrected chi connectivity index (χ3v) is 4.51. The fraction of sp³-hybridized carbons (Fsp3) is 0.500. The summed E-state index contributed by atoms with van der Waals surface area (Å²) < 4.78 is 18.5. The number of amides is 1. The molecule has 0 N–H and O–H groups in total. The number of piperidine rings is 1. The van der Waals surface area contributed by atoms with E-state index in [0.717, 1.165) is 38.8 Å². The van der Waals surface area contributed by atoms with Crippen LogP contribution in [0.3, 0.4) is 0 Å². The Hall–Kier alpha value is -2.31. The summed E-state index contributed by atoms with van der Waals surface area (Å²) in [5, 5.41) is 3.93. The molecule has 1 saturated carbocycles. The van der Waals surface area contributed by atoms with E-state index in [-0.39, 0.29) is 11.8 Å². The number of likely N-dealkylation sites (tertiary alicyclic amines) is 1. The van der Waals surface area contributed by atoms with Crippen molar-refractivity contribution in [3.8, 4) is 11.4 Å². The van der Waals surface area contributed by atoms with Gasteiger partial charge in [-0.05, 0) is 31.7 Å². The van der Waals surface area contributed by atoms with Crippen LogP contribution in [0.25, 0.3) is 11.4 Å². The number of pyridine rings is 1. The molecule has 6 nitrogen and oxygen atoms in total. The molecule has 2 fully saturated rings. The van der Waals surface area contributed by atoms with Gasteiger partial charge in [0.1, 0.15) is 0 Å². The molecular formula is C16H17FN4O2. The molecule has 0 unspecified atom stereocenters. The van der Waals surface area contributed by atoms with Gasteiger partial charge in [-0.25, -0.2) is 4.98 Å². The Bertz CT molecular complexity index is 720. The second kappa shape index (κ2) is 5.72. The van der Waals surface area contributed by atoms with Crippen LogP contribution in [0.1, 0.15) is 37.5 Å². The lowest BCUT2D eigenvalue weighted by Crippen LogP contribution is -2.38. The summed E-state index contributed by atoms with van der Waals surface area (Å²) in [7, 11) is 0. The zero-order valence-electron chi connectivity index (χ0n) is 12.6. The van der Waals surface area contributed by atoms with E-state index in [1.165, 1.54) is 12.3 Å². The molecule has 0 bridgehead atoms. The first-order valence-electron chi connectivity index (χ1n) is 7.95. The van der Waals surface area contributed by atoms with Crippen molar-refractivity contribution in [1.29, 1.82) is 0 Å². The highest BCUT2D eigenvalue weighted by Crippen LogP contribution is 2.34. The van der Waals surface area contributed by atoms with Gasteiger partial charge in [-0.15, -0.1) is 0 Å². The van der Waals surface area contributed by atoms with Gasteiger partial charge in [0, 0.05) is 42.8 Å². The van der Waals surface area contributed by atoms with Crippen molar-refractivity contribution < 1.29 is 13.7 Å². The van der Waals surface area contributed by atoms with E-state index < -0.39 is 5.95 Å². The van der Waals surface area contributed by atoms with Crippen molar-refractivity contribution in [1.82, 2.24) is 20.0 Å². The Morgan fingerprint density at radius 2 is 2.04 bits per heavy atom. The molecule has 3 heterocycles. The Kier molecular flexibility index (Phi) is 3.55. The minimum atomic E-state index is -0.569. The van der Waals surface area contributed by atoms with E-state index in [4.69, 9.17) is 4.52 Å². The minimum absolute atomic E-state index is 0.159. The van der Waals surface area contributed by atoms with Crippen LogP contribution >= 0.6 is 0 Å². The van der Waals surface area contributed by atoms with Gasteiger partial charge in [-0.3, -0.25) is 4.79 Å². The lowest BCUT2D eigenvalue weighted by molar-refractivity contribution is -0.133. The molecule has 2 aromatic heterocycles. The quantitative estimate of drug-likeness (QED) is 0.813. The van der Waals surface area contributed by atoms with Crippen LogP contribution in [0.2, 0.25) is 0 Å². The summed E-state index contributed by atoms with van der Waals surface area (Å²) >= 11 is 0. The van der Waals surface area contributed by atoms with Crippen LogP contribution in [0.5, 0.6) is 0 Å². The number of nitrogens with zero attached hydrogens (tertiary/aromatic N) is 4. The molecule has 2 aliphatic rings. The molecule has 0 atom stereocenters. The van der Waals surface area contributed by atoms with E-state index in [2.05, 4.69) is 15.1 Å². The minimum Gasteiger partial charge on any atom is -0.342 e. The third-order valence-electron chi connectivity index (χ3n) is 4.51. The Morgan fingerprint density at radius 1 is 1.26 bits per heavy atom. The first-order valence-corrected chi connectivity index (χ1v) is 7.95. The second-order valence-electron chi connectivity index (χ2n) is 6.20. The fourth-order valence-electron chi connectivity index (χ4n) is 3.00. The van der Waals surface area contributed by atoms with Gasteiger partial charge in [0.05, 0.1) is 0 Å². The SMILES string of the molecule is O=C(C1CC1)N1CCC(c2nc(-c3ccnc(F)c3)no2)CC1. The molecule has 4 rings (SSSR count). The lowest BCUT2D eigenvalue weighted by atomic mass is 9.96. The lowest BCUT2D eigenvalue weighted by Gasteiger charge is -2.30. The first-order chi connectivity index (χ1) is 11.2. The van der Waals surface area contributed by atoms with Gasteiger partial charge in [0.15, 0.2) is 0 Å². The van der Waals surface area contributed by atoms with Crippen LogP contribution in [-0.4, -0.2) is 39.0 Å². The van der Waals surface area contributed by atoms with Crippen LogP contribution < -0.4 is 0 Å². The maximum absolute atomic E-state index is 13.2. The van der Waals surface area contributed by atoms with E-state index in [0.29, 0.717) is 23.2 Å². The Balaban J connectivity index is 1.42. The second-order valence-corrected chi connectivity index (χ2v) is 6.20. The topological polar surface area (TPSA) is 72.1 Å². The largest absolute Gasteiger partial charge is 0.342 e. The standard InChI is InChI=1S/C16H17FN4O2/c17-13-9-12(3-6-18-13)14-19-15(23-20-14)10-4-7-21(8-5-10)16(22)11-1-2-11/h3,6,9-11H,1-2,4-5,7-8H2. The van der Waals surface area contributed by atoms with Gasteiger partial charge >= 0.3 is 0 Å². The normalized spacial score (nSPS) is 19.1. The van der Waals surface area contributed by atoms with Crippen molar-refractivity contribution in [2.45, 2.75) is 31.6 Å². The average Bonchev–Trinajstić information content (AvgIpc) is 3.31. The summed E-state index contributed by atoms with van der Waals surface area (Å²) in [4.78, 5) is 21.9. The number of hydrogen-bond acceptors (Lipinski definition) is 5. The van der Waals surface area contributed by atoms with Crippen molar-refractivity contribution in [2.75, 3.05) is 13.1 Å². The highest BCUT2D eigenvalue weighted by molar-refractivity contribution is 5.81. The molecule has 1 saturated heterocycles. The maximum Gasteiger partial charge on any atom is 0.230 e. The molecule has 0 spiro atoms. The number of hydrogen-bond donors (Lipinski definition) is 0. The van der Waals surface area contributed by atoms with Crippen LogP contribution in [-0.2, 0) is 4.79 Å². The highest BCUT2D eigenvalue weighted by Gasteiger charge is 2.35. The Morgan fingerprint density at radius 3 is 2.74 bits per heavy atom. The van der Waals surface area contributed by atoms with Gasteiger partial charge < -0.3 is 9.42 Å². The van der Waals surface area contributed by atoms with E-state index >= 15 is 0 Å². The third kappa shape index (κ3) is 2.95. The number of rotatable bonds is 3. The summed E-state index contributed by atoms with van der Waals surface area (Å²) in [5.41, 5.74) is 0.550. The van der Waals surface area contributed by atoms with Crippen molar-refractivity contribution in [2.24, 2.45) is 5.92 Å². The molecule has 0 radical (unpaired) electrons. The summed E-state index contributed by atoms with van der Waals surface area (Å²) in [6, 6.07) is 2.93. The molecule has 120 valence electrons. The number of halogens is 1. The molecule has 23 heavy (non-hydrogen) atoms. The van der Waals surface area contributed by atoms with Gasteiger partial charge in [-0.2, -0.15) is 9.37 Å². The zero-order chi connectivity index (χ0) is 15.8. The van der Waals surface area contributed by atoms with Crippen molar-refractivity contribution >= 4 is 5.91 Å². The predicted octanol–water partition coefficient (Wildman–Crippen LogP) is 2.39. The zero-order valence-corrected chi connectivity index (χ0v) is 12.6. The van der Waals surface area contributed by atoms with Crippen LogP contribution in [0.4, 0.5) is 4.39 Å². The number of carbonyl (C=O) groups is 1. The van der Waals surface area contributed by atoms with Crippen LogP contribution in [0, 0.1) is 11.9 Å². The molecule has 0 aromatic carbocycles. The molecular weight excluding hydrogens is 299 g/mol. The summed E-state index contributed by atoms with van der Waals surface area (Å²) in [6.45, 7) is 1.48. The molecule has 2 aromatic rings. The smallest absolute Gasteiger partial charge is 0.230 e. The Labute approximate surface area is 132 Å². The van der Waals surface area contributed by atoms with E-state index in [1.54, 1.807) is 6.07 Å². The predicted molar refractivity (Wildman–Crippen MR) is 78.8 cm³/mol. The van der Waals surface area contributed by atoms with Gasteiger partial charge in [0.2, 0.25) is 23.6 Å². The molecule has 1 aliphatic carbocycles.